The fourth-order valence-corrected chi connectivity index (χ4v) is 10.5. The number of halogens is 2. The number of amides is 2. The number of nitrogens with one attached hydrogen (secondary N) is 2. The molecule has 0 atom stereocenters. The average molecular weight is 821 g/mol. The van der Waals surface area contributed by atoms with Gasteiger partial charge in [0.1, 0.15) is 0 Å². The second-order valence-electron chi connectivity index (χ2n) is 15.2. The van der Waals surface area contributed by atoms with Crippen LogP contribution in [0.2, 0.25) is 0 Å². The van der Waals surface area contributed by atoms with Crippen LogP contribution >= 0.6 is 0 Å². The zero-order chi connectivity index (χ0) is 36.2. The third kappa shape index (κ3) is 13.1. The van der Waals surface area contributed by atoms with Gasteiger partial charge in [0.15, 0.2) is 0 Å². The molecule has 8 saturated carbocycles. The number of aromatic nitrogens is 2. The van der Waals surface area contributed by atoms with Crippen molar-refractivity contribution in [2.45, 2.75) is 90.1 Å². The van der Waals surface area contributed by atoms with Crippen LogP contribution in [0, 0.1) is 66.8 Å². The second kappa shape index (κ2) is 18.5. The summed E-state index contributed by atoms with van der Waals surface area (Å²) in [6, 6.07) is 11.7. The van der Waals surface area contributed by atoms with E-state index in [1.54, 1.807) is 12.4 Å². The van der Waals surface area contributed by atoms with Crippen molar-refractivity contribution in [1.29, 1.82) is 0 Å². The van der Waals surface area contributed by atoms with E-state index in [-0.39, 0.29) is 33.4 Å². The Morgan fingerprint density at radius 1 is 0.558 bits per heavy atom. The van der Waals surface area contributed by atoms with Crippen molar-refractivity contribution >= 4 is 11.8 Å². The minimum atomic E-state index is -4.94. The summed E-state index contributed by atoms with van der Waals surface area (Å²) in [4.78, 5) is 34.0. The number of carbonyl (C=O) groups is 2. The normalized spacial score (nSPS) is 31.5. The van der Waals surface area contributed by atoms with E-state index in [0.29, 0.717) is 24.9 Å². The number of pyridine rings is 2. The van der Waals surface area contributed by atoms with Crippen molar-refractivity contribution in [3.05, 3.63) is 60.2 Å². The molecule has 4 N–H and O–H groups in total. The zero-order valence-corrected chi connectivity index (χ0v) is 31.0. The molecule has 8 fully saturated rings. The summed E-state index contributed by atoms with van der Waals surface area (Å²) in [5, 5.41) is 6.31. The largest absolute Gasteiger partial charge is 2.00 e. The number of hydrogen-bond acceptors (Lipinski definition) is 12. The Hall–Kier alpha value is -2.02. The van der Waals surface area contributed by atoms with E-state index in [2.05, 4.69) is 20.6 Å². The van der Waals surface area contributed by atoms with Gasteiger partial charge in [0, 0.05) is 23.2 Å². The molecule has 2 aromatic heterocycles. The summed E-state index contributed by atoms with van der Waals surface area (Å²) in [5.41, 5.74) is 1.82. The van der Waals surface area contributed by atoms with E-state index >= 15 is 0 Å². The molecule has 10 rings (SSSR count). The molecule has 1 radical (unpaired) electrons. The van der Waals surface area contributed by atoms with Gasteiger partial charge in [-0.1, -0.05) is 12.1 Å². The van der Waals surface area contributed by atoms with Crippen molar-refractivity contribution in [1.82, 2.24) is 20.6 Å². The molecule has 2 heterocycles. The zero-order valence-electron chi connectivity index (χ0n) is 28.5. The van der Waals surface area contributed by atoms with Crippen LogP contribution in [0.15, 0.2) is 48.8 Å². The van der Waals surface area contributed by atoms with E-state index < -0.39 is 20.5 Å². The van der Waals surface area contributed by atoms with Gasteiger partial charge in [-0.3, -0.25) is 19.6 Å². The van der Waals surface area contributed by atoms with Crippen LogP contribution in [0.1, 0.15) is 88.4 Å². The summed E-state index contributed by atoms with van der Waals surface area (Å²) < 4.78 is 67.9. The van der Waals surface area contributed by atoms with Crippen LogP contribution in [0.3, 0.4) is 0 Å². The summed E-state index contributed by atoms with van der Waals surface area (Å²) in [5.74, 6) is 5.51. The van der Waals surface area contributed by atoms with Gasteiger partial charge in [0.25, 0.3) is 0 Å². The number of carbonyl (C=O) groups excluding carboxylic acids is 2. The Labute approximate surface area is 317 Å². The summed E-state index contributed by atoms with van der Waals surface area (Å²) >= 11 is 0. The standard InChI is InChI=1S/2C17H22N2O.2ClHO4.Cu.H2O/c2*20-16(19-11-15-3-1-2-4-18-15)17-8-12-5-13(9-17)7-14(6-12)10-17;2*2-1(3,4)5;;/h2*1-4,12-14H,5-11H2,(H,19,20);2*(H,2,3,4,5);;1H2/q;;;;+2;/p-2. The van der Waals surface area contributed by atoms with Crippen LogP contribution in [-0.2, 0) is 39.7 Å². The van der Waals surface area contributed by atoms with E-state index in [1.807, 2.05) is 36.4 Å². The minimum absolute atomic E-state index is 0. The van der Waals surface area contributed by atoms with Crippen molar-refractivity contribution < 1.29 is 89.9 Å². The Morgan fingerprint density at radius 2 is 0.808 bits per heavy atom. The van der Waals surface area contributed by atoms with Gasteiger partial charge >= 0.3 is 17.1 Å². The second-order valence-corrected chi connectivity index (χ2v) is 16.7. The van der Waals surface area contributed by atoms with Crippen molar-refractivity contribution in [3.63, 3.8) is 0 Å². The van der Waals surface area contributed by atoms with Gasteiger partial charge in [-0.25, -0.2) is 37.3 Å². The Balaban J connectivity index is 0.000000217. The molecule has 293 valence electrons. The molecule has 8 aliphatic carbocycles. The van der Waals surface area contributed by atoms with Crippen molar-refractivity contribution in [2.75, 3.05) is 0 Å². The van der Waals surface area contributed by atoms with Crippen LogP contribution in [-0.4, -0.2) is 27.3 Å². The molecule has 0 saturated heterocycles. The number of nitrogens with zero attached hydrogens (tertiary/aromatic N) is 2. The molecule has 0 spiro atoms. The first kappa shape index (κ1) is 44.4. The fourth-order valence-electron chi connectivity index (χ4n) is 10.5. The molecule has 0 aromatic carbocycles. The van der Waals surface area contributed by atoms with E-state index in [1.165, 1.54) is 38.5 Å². The van der Waals surface area contributed by atoms with E-state index in [0.717, 1.165) is 85.4 Å². The Morgan fingerprint density at radius 3 is 1.02 bits per heavy atom. The summed E-state index contributed by atoms with van der Waals surface area (Å²) in [6.45, 7) is 1.14. The van der Waals surface area contributed by atoms with Gasteiger partial charge in [0.2, 0.25) is 11.8 Å². The predicted molar refractivity (Wildman–Crippen MR) is 157 cm³/mol. The molecule has 8 bridgehead atoms. The van der Waals surface area contributed by atoms with Crippen molar-refractivity contribution in [2.24, 2.45) is 46.3 Å². The SMILES string of the molecule is O.O=C(NCc1ccccn1)C12CC3CC(CC(C3)C1)C2.O=C(NCc1ccccn1)C12CC3CC(CC(C3)C1)C2.[Cu+2].[O-][Cl+3]([O-])([O-])[O-].[O-][Cl+3]([O-])([O-])[O-]. The summed E-state index contributed by atoms with van der Waals surface area (Å²) in [6.07, 6.45) is 18.7. The maximum atomic E-state index is 12.7. The number of rotatable bonds is 6. The third-order valence-corrected chi connectivity index (χ3v) is 11.4. The van der Waals surface area contributed by atoms with Gasteiger partial charge in [-0.2, -0.15) is 0 Å². The minimum Gasteiger partial charge on any atom is -0.412 e. The van der Waals surface area contributed by atoms with Crippen LogP contribution in [0.4, 0.5) is 0 Å². The first-order valence-electron chi connectivity index (χ1n) is 17.1. The number of hydrogen-bond donors (Lipinski definition) is 2. The van der Waals surface area contributed by atoms with Crippen LogP contribution < -0.4 is 47.9 Å². The van der Waals surface area contributed by atoms with Gasteiger partial charge in [-0.05, 0) is 137 Å². The Kier molecular flexibility index (Phi) is 15.8. The van der Waals surface area contributed by atoms with Gasteiger partial charge in [0.05, 0.1) is 24.5 Å². The van der Waals surface area contributed by atoms with Crippen LogP contribution in [0.25, 0.3) is 0 Å². The molecular formula is C34H46Cl2CuN4O11. The summed E-state index contributed by atoms with van der Waals surface area (Å²) in [7, 11) is -9.89. The molecular weight excluding hydrogens is 775 g/mol. The maximum absolute atomic E-state index is 12.7. The molecule has 0 unspecified atom stereocenters. The monoisotopic (exact) mass is 819 g/mol. The van der Waals surface area contributed by atoms with E-state index in [4.69, 9.17) is 37.3 Å². The first-order chi connectivity index (χ1) is 23.5. The quantitative estimate of drug-likeness (QED) is 0.261. The van der Waals surface area contributed by atoms with Gasteiger partial charge < -0.3 is 16.1 Å². The molecule has 8 aliphatic rings. The average Bonchev–Trinajstić information content (AvgIpc) is 3.01. The topological polar surface area (TPSA) is 300 Å². The van der Waals surface area contributed by atoms with E-state index in [9.17, 15) is 9.59 Å². The predicted octanol–water partition coefficient (Wildman–Crippen LogP) is -4.51. The molecule has 18 heteroatoms. The maximum Gasteiger partial charge on any atom is 2.00 e. The molecule has 52 heavy (non-hydrogen) atoms. The van der Waals surface area contributed by atoms with Crippen molar-refractivity contribution in [3.8, 4) is 0 Å². The van der Waals surface area contributed by atoms with Gasteiger partial charge in [-0.15, -0.1) is 20.5 Å². The molecule has 0 aliphatic heterocycles. The molecule has 2 aromatic rings. The Bertz CT molecular complexity index is 1240. The van der Waals surface area contributed by atoms with Crippen LogP contribution in [0.5, 0.6) is 0 Å². The smallest absolute Gasteiger partial charge is 0.412 e. The first-order valence-corrected chi connectivity index (χ1v) is 19.5. The fraction of sp³-hybridized carbons (Fsp3) is 0.647. The molecule has 2 amide bonds. The molecule has 15 nitrogen and oxygen atoms in total. The third-order valence-electron chi connectivity index (χ3n) is 11.4.